The Bertz CT molecular complexity index is 793. The third-order valence-electron chi connectivity index (χ3n) is 3.55. The largest absolute Gasteiger partial charge is 0.295 e. The third-order valence-corrected chi connectivity index (χ3v) is 4.29. The van der Waals surface area contributed by atoms with Crippen LogP contribution < -0.4 is 0 Å². The summed E-state index contributed by atoms with van der Waals surface area (Å²) in [6.45, 7) is 4.24. The van der Waals surface area contributed by atoms with E-state index in [1.807, 2.05) is 12.1 Å². The molecule has 0 aliphatic heterocycles. The first-order chi connectivity index (χ1) is 9.60. The number of aryl methyl sites for hydroxylation is 2. The van der Waals surface area contributed by atoms with Gasteiger partial charge in [-0.05, 0) is 55.3 Å². The molecule has 0 aliphatic carbocycles. The molecule has 0 saturated heterocycles. The van der Waals surface area contributed by atoms with E-state index in [1.54, 1.807) is 0 Å². The minimum atomic E-state index is 0.388. The Morgan fingerprint density at radius 1 is 1.10 bits per heavy atom. The fraction of sp³-hybridized carbons (Fsp3) is 0.188. The molecule has 0 N–H and O–H groups in total. The van der Waals surface area contributed by atoms with E-state index in [2.05, 4.69) is 63.6 Å². The smallest absolute Gasteiger partial charge is 0.129 e. The molecule has 20 heavy (non-hydrogen) atoms. The molecule has 3 aromatic rings. The van der Waals surface area contributed by atoms with Gasteiger partial charge in [-0.25, -0.2) is 4.98 Å². The van der Waals surface area contributed by atoms with Gasteiger partial charge in [0.2, 0.25) is 0 Å². The Kier molecular flexibility index (Phi) is 3.57. The number of imidazole rings is 1. The van der Waals surface area contributed by atoms with Crippen LogP contribution in [0.2, 0.25) is 0 Å². The SMILES string of the molecule is Cc1ccc(-n2c(CCl)nc3cc(Br)ccc32)cc1C. The molecule has 1 heterocycles. The van der Waals surface area contributed by atoms with Gasteiger partial charge < -0.3 is 0 Å². The van der Waals surface area contributed by atoms with Gasteiger partial charge in [0.1, 0.15) is 5.82 Å². The van der Waals surface area contributed by atoms with Crippen LogP contribution >= 0.6 is 27.5 Å². The maximum atomic E-state index is 6.07. The maximum Gasteiger partial charge on any atom is 0.129 e. The van der Waals surface area contributed by atoms with Gasteiger partial charge in [-0.2, -0.15) is 0 Å². The van der Waals surface area contributed by atoms with E-state index >= 15 is 0 Å². The van der Waals surface area contributed by atoms with Gasteiger partial charge in [0.15, 0.2) is 0 Å². The summed E-state index contributed by atoms with van der Waals surface area (Å²) < 4.78 is 3.15. The summed E-state index contributed by atoms with van der Waals surface area (Å²) in [4.78, 5) is 4.62. The minimum absolute atomic E-state index is 0.388. The van der Waals surface area contributed by atoms with Gasteiger partial charge in [-0.3, -0.25) is 4.57 Å². The summed E-state index contributed by atoms with van der Waals surface area (Å²) in [7, 11) is 0. The fourth-order valence-corrected chi connectivity index (χ4v) is 2.87. The number of aromatic nitrogens is 2. The van der Waals surface area contributed by atoms with Crippen molar-refractivity contribution >= 4 is 38.6 Å². The molecule has 0 radical (unpaired) electrons. The van der Waals surface area contributed by atoms with Crippen LogP contribution in [0.3, 0.4) is 0 Å². The summed E-state index contributed by atoms with van der Waals surface area (Å²) >= 11 is 9.55. The molecule has 0 fully saturated rings. The van der Waals surface area contributed by atoms with E-state index in [0.717, 1.165) is 27.0 Å². The normalized spacial score (nSPS) is 11.2. The minimum Gasteiger partial charge on any atom is -0.295 e. The second kappa shape index (κ2) is 5.23. The second-order valence-electron chi connectivity index (χ2n) is 4.90. The number of alkyl halides is 1. The van der Waals surface area contributed by atoms with Crippen molar-refractivity contribution in [3.8, 4) is 5.69 Å². The highest BCUT2D eigenvalue weighted by Gasteiger charge is 2.12. The van der Waals surface area contributed by atoms with Crippen LogP contribution in [-0.4, -0.2) is 9.55 Å². The quantitative estimate of drug-likeness (QED) is 0.585. The highest BCUT2D eigenvalue weighted by Crippen LogP contribution is 2.26. The number of benzene rings is 2. The van der Waals surface area contributed by atoms with Crippen molar-refractivity contribution in [2.45, 2.75) is 19.7 Å². The summed E-state index contributed by atoms with van der Waals surface area (Å²) in [5, 5.41) is 0. The van der Waals surface area contributed by atoms with Crippen LogP contribution in [0.15, 0.2) is 40.9 Å². The molecule has 0 spiro atoms. The van der Waals surface area contributed by atoms with Crippen molar-refractivity contribution in [1.29, 1.82) is 0 Å². The van der Waals surface area contributed by atoms with Crippen molar-refractivity contribution in [3.05, 3.63) is 57.8 Å². The first-order valence-electron chi connectivity index (χ1n) is 6.40. The van der Waals surface area contributed by atoms with Crippen molar-refractivity contribution in [2.75, 3.05) is 0 Å². The highest BCUT2D eigenvalue weighted by molar-refractivity contribution is 9.10. The van der Waals surface area contributed by atoms with E-state index in [4.69, 9.17) is 11.6 Å². The Morgan fingerprint density at radius 3 is 2.60 bits per heavy atom. The molecule has 2 nitrogen and oxygen atoms in total. The van der Waals surface area contributed by atoms with Crippen molar-refractivity contribution < 1.29 is 0 Å². The molecule has 0 aliphatic rings. The number of halogens is 2. The predicted molar refractivity (Wildman–Crippen MR) is 87.8 cm³/mol. The summed E-state index contributed by atoms with van der Waals surface area (Å²) in [6.07, 6.45) is 0. The Labute approximate surface area is 131 Å². The molecule has 0 atom stereocenters. The van der Waals surface area contributed by atoms with Gasteiger partial charge in [0.25, 0.3) is 0 Å². The molecule has 2 aromatic carbocycles. The van der Waals surface area contributed by atoms with Crippen LogP contribution in [-0.2, 0) is 5.88 Å². The van der Waals surface area contributed by atoms with E-state index in [0.29, 0.717) is 5.88 Å². The summed E-state index contributed by atoms with van der Waals surface area (Å²) in [5.74, 6) is 1.25. The number of hydrogen-bond donors (Lipinski definition) is 0. The molecule has 3 rings (SSSR count). The van der Waals surface area contributed by atoms with Crippen molar-refractivity contribution in [2.24, 2.45) is 0 Å². The average molecular weight is 350 g/mol. The van der Waals surface area contributed by atoms with Crippen molar-refractivity contribution in [3.63, 3.8) is 0 Å². The molecule has 0 amide bonds. The zero-order valence-electron chi connectivity index (χ0n) is 11.3. The van der Waals surface area contributed by atoms with E-state index in [-0.39, 0.29) is 0 Å². The first kappa shape index (κ1) is 13.7. The van der Waals surface area contributed by atoms with E-state index < -0.39 is 0 Å². The van der Waals surface area contributed by atoms with E-state index in [1.165, 1.54) is 11.1 Å². The van der Waals surface area contributed by atoms with Gasteiger partial charge in [0, 0.05) is 10.2 Å². The van der Waals surface area contributed by atoms with Gasteiger partial charge in [-0.15, -0.1) is 11.6 Å². The first-order valence-corrected chi connectivity index (χ1v) is 7.73. The lowest BCUT2D eigenvalue weighted by Gasteiger charge is -2.10. The zero-order chi connectivity index (χ0) is 14.3. The van der Waals surface area contributed by atoms with Crippen LogP contribution in [0, 0.1) is 13.8 Å². The van der Waals surface area contributed by atoms with Crippen LogP contribution in [0.5, 0.6) is 0 Å². The lowest BCUT2D eigenvalue weighted by molar-refractivity contribution is 0.978. The fourth-order valence-electron chi connectivity index (χ4n) is 2.35. The molecule has 4 heteroatoms. The molecule has 0 bridgehead atoms. The maximum absolute atomic E-state index is 6.07. The molecule has 1 aromatic heterocycles. The average Bonchev–Trinajstić information content (AvgIpc) is 2.79. The third kappa shape index (κ3) is 2.25. The Balaban J connectivity index is 2.30. The standard InChI is InChI=1S/C16H14BrClN2/c1-10-3-5-13(7-11(10)2)20-15-6-4-12(17)8-14(15)19-16(20)9-18/h3-8H,9H2,1-2H3. The molecular formula is C16H14BrClN2. The topological polar surface area (TPSA) is 17.8 Å². The molecule has 102 valence electrons. The van der Waals surface area contributed by atoms with Crippen LogP contribution in [0.4, 0.5) is 0 Å². The number of nitrogens with zero attached hydrogens (tertiary/aromatic N) is 2. The summed E-state index contributed by atoms with van der Waals surface area (Å²) in [5.41, 5.74) is 5.68. The second-order valence-corrected chi connectivity index (χ2v) is 6.08. The predicted octanol–water partition coefficient (Wildman–Crippen LogP) is 5.14. The van der Waals surface area contributed by atoms with Crippen molar-refractivity contribution in [1.82, 2.24) is 9.55 Å². The van der Waals surface area contributed by atoms with Gasteiger partial charge >= 0.3 is 0 Å². The molecule has 0 saturated carbocycles. The van der Waals surface area contributed by atoms with Gasteiger partial charge in [0.05, 0.1) is 16.9 Å². The number of hydrogen-bond acceptors (Lipinski definition) is 1. The van der Waals surface area contributed by atoms with E-state index in [9.17, 15) is 0 Å². The number of fused-ring (bicyclic) bond motifs is 1. The van der Waals surface area contributed by atoms with Crippen LogP contribution in [0.1, 0.15) is 17.0 Å². The van der Waals surface area contributed by atoms with Crippen LogP contribution in [0.25, 0.3) is 16.7 Å². The summed E-state index contributed by atoms with van der Waals surface area (Å²) in [6, 6.07) is 12.5. The Hall–Kier alpha value is -1.32. The Morgan fingerprint density at radius 2 is 1.90 bits per heavy atom. The monoisotopic (exact) mass is 348 g/mol. The zero-order valence-corrected chi connectivity index (χ0v) is 13.7. The molecule has 0 unspecified atom stereocenters. The van der Waals surface area contributed by atoms with Gasteiger partial charge in [-0.1, -0.05) is 22.0 Å². The lowest BCUT2D eigenvalue weighted by Crippen LogP contribution is -2.00. The number of rotatable bonds is 2. The highest BCUT2D eigenvalue weighted by atomic mass is 79.9. The molecular weight excluding hydrogens is 336 g/mol. The lowest BCUT2D eigenvalue weighted by atomic mass is 10.1.